The number of sulfone groups is 1. The van der Waals surface area contributed by atoms with E-state index < -0.39 is 9.84 Å². The quantitative estimate of drug-likeness (QED) is 0.142. The van der Waals surface area contributed by atoms with Crippen LogP contribution in [0.25, 0.3) is 21.9 Å². The van der Waals surface area contributed by atoms with Crippen molar-refractivity contribution < 1.29 is 32.5 Å². The predicted molar refractivity (Wildman–Crippen MR) is 175 cm³/mol. The van der Waals surface area contributed by atoms with Crippen molar-refractivity contribution >= 4 is 26.6 Å². The molecule has 5 rings (SSSR count). The van der Waals surface area contributed by atoms with Crippen molar-refractivity contribution in [2.24, 2.45) is 0 Å². The number of carbonyl (C=O) groups is 1. The molecule has 0 unspecified atom stereocenters. The average Bonchev–Trinajstić information content (AvgIpc) is 3.04. The van der Waals surface area contributed by atoms with Gasteiger partial charge < -0.3 is 19.3 Å². The van der Waals surface area contributed by atoms with Crippen LogP contribution in [0.5, 0.6) is 23.0 Å². The highest BCUT2D eigenvalue weighted by Crippen LogP contribution is 2.41. The number of phenols is 1. The van der Waals surface area contributed by atoms with Gasteiger partial charge in [0.15, 0.2) is 9.84 Å². The van der Waals surface area contributed by atoms with Crippen LogP contribution in [0.3, 0.4) is 0 Å². The number of aromatic hydroxyl groups is 1. The number of likely N-dealkylation sites (N-methyl/N-ethyl adjacent to an activating group) is 1. The maximum absolute atomic E-state index is 12.3. The van der Waals surface area contributed by atoms with Gasteiger partial charge in [0.1, 0.15) is 36.2 Å². The second-order valence-corrected chi connectivity index (χ2v) is 12.6. The third-order valence-corrected chi connectivity index (χ3v) is 8.44. The summed E-state index contributed by atoms with van der Waals surface area (Å²) in [7, 11) is -3.33. The fourth-order valence-electron chi connectivity index (χ4n) is 4.84. The Morgan fingerprint density at radius 1 is 0.844 bits per heavy atom. The Hall–Kier alpha value is -4.86. The molecule has 5 aromatic carbocycles. The Morgan fingerprint density at radius 3 is 2.24 bits per heavy atom. The molecule has 0 bridgehead atoms. The second-order valence-electron chi connectivity index (χ2n) is 10.6. The molecule has 0 saturated carbocycles. The fourth-order valence-corrected chi connectivity index (χ4v) is 5.47. The van der Waals surface area contributed by atoms with E-state index in [2.05, 4.69) is 0 Å². The highest BCUT2D eigenvalue weighted by Gasteiger charge is 2.15. The molecule has 232 valence electrons. The molecule has 9 heteroatoms. The molecule has 45 heavy (non-hydrogen) atoms. The zero-order valence-corrected chi connectivity index (χ0v) is 26.0. The topological polar surface area (TPSA) is 102 Å². The molecule has 0 spiro atoms. The summed E-state index contributed by atoms with van der Waals surface area (Å²) in [4.78, 5) is 14.5. The first-order chi connectivity index (χ1) is 21.7. The Morgan fingerprint density at radius 2 is 1.56 bits per heavy atom. The number of benzene rings is 5. The molecule has 5 aromatic rings. The van der Waals surface area contributed by atoms with Crippen molar-refractivity contribution in [1.82, 2.24) is 4.90 Å². The van der Waals surface area contributed by atoms with E-state index in [1.807, 2.05) is 78.6 Å². The van der Waals surface area contributed by atoms with Crippen molar-refractivity contribution in [1.29, 1.82) is 0 Å². The van der Waals surface area contributed by atoms with Gasteiger partial charge in [-0.25, -0.2) is 8.42 Å². The highest BCUT2D eigenvalue weighted by atomic mass is 32.2. The van der Waals surface area contributed by atoms with Crippen molar-refractivity contribution in [3.63, 3.8) is 0 Å². The molecular weight excluding hydrogens is 590 g/mol. The van der Waals surface area contributed by atoms with E-state index in [1.54, 1.807) is 42.5 Å². The van der Waals surface area contributed by atoms with Crippen LogP contribution in [0.2, 0.25) is 0 Å². The molecule has 0 saturated heterocycles. The summed E-state index contributed by atoms with van der Waals surface area (Å²) in [5.74, 6) is 1.67. The summed E-state index contributed by atoms with van der Waals surface area (Å²) in [6.45, 7) is 4.04. The van der Waals surface area contributed by atoms with E-state index in [0.717, 1.165) is 27.5 Å². The lowest BCUT2D eigenvalue weighted by atomic mass is 9.99. The molecule has 0 fully saturated rings. The van der Waals surface area contributed by atoms with Crippen LogP contribution in [-0.2, 0) is 26.0 Å². The zero-order valence-electron chi connectivity index (χ0n) is 25.2. The zero-order chi connectivity index (χ0) is 31.8. The summed E-state index contributed by atoms with van der Waals surface area (Å²) >= 11 is 0. The minimum absolute atomic E-state index is 0.144. The summed E-state index contributed by atoms with van der Waals surface area (Å²) < 4.78 is 41.7. The van der Waals surface area contributed by atoms with Crippen LogP contribution < -0.4 is 9.47 Å². The van der Waals surface area contributed by atoms with Gasteiger partial charge in [0.25, 0.3) is 0 Å². The first kappa shape index (κ1) is 31.6. The molecule has 0 radical (unpaired) electrons. The Bertz CT molecular complexity index is 1860. The molecule has 0 aliphatic heterocycles. The normalized spacial score (nSPS) is 11.4. The monoisotopic (exact) mass is 625 g/mol. The molecule has 0 aromatic heterocycles. The molecule has 8 nitrogen and oxygen atoms in total. The molecule has 0 heterocycles. The lowest BCUT2D eigenvalue weighted by Crippen LogP contribution is -2.34. The van der Waals surface area contributed by atoms with E-state index >= 15 is 0 Å². The average molecular weight is 626 g/mol. The minimum Gasteiger partial charge on any atom is -0.508 e. The third kappa shape index (κ3) is 8.41. The van der Waals surface area contributed by atoms with Gasteiger partial charge in [-0.05, 0) is 83.7 Å². The molecule has 0 amide bonds. The van der Waals surface area contributed by atoms with Gasteiger partial charge in [0.05, 0.1) is 11.4 Å². The number of fused-ring (bicyclic) bond motifs is 1. The highest BCUT2D eigenvalue weighted by molar-refractivity contribution is 7.90. The van der Waals surface area contributed by atoms with E-state index in [4.69, 9.17) is 14.2 Å². The summed E-state index contributed by atoms with van der Waals surface area (Å²) in [6, 6.07) is 32.3. The van der Waals surface area contributed by atoms with Gasteiger partial charge in [-0.3, -0.25) is 9.69 Å². The van der Waals surface area contributed by atoms with E-state index in [1.165, 1.54) is 6.26 Å². The Balaban J connectivity index is 1.24. The number of ether oxygens (including phenoxy) is 3. The molecule has 0 atom stereocenters. The first-order valence-electron chi connectivity index (χ1n) is 14.6. The van der Waals surface area contributed by atoms with Crippen molar-refractivity contribution in [3.05, 3.63) is 115 Å². The van der Waals surface area contributed by atoms with E-state index in [9.17, 15) is 18.3 Å². The Kier molecular flexibility index (Phi) is 10.0. The molecule has 0 aliphatic rings. The lowest BCUT2D eigenvalue weighted by Gasteiger charge is -2.19. The van der Waals surface area contributed by atoms with Crippen LogP contribution in [0.1, 0.15) is 12.5 Å². The smallest absolute Gasteiger partial charge is 0.320 e. The van der Waals surface area contributed by atoms with Gasteiger partial charge >= 0.3 is 5.97 Å². The number of carbonyl (C=O) groups excluding carboxylic acids is 1. The lowest BCUT2D eigenvalue weighted by molar-refractivity contribution is -0.146. The van der Waals surface area contributed by atoms with Gasteiger partial charge in [-0.15, -0.1) is 0 Å². The minimum atomic E-state index is -3.33. The van der Waals surface area contributed by atoms with Crippen molar-refractivity contribution in [3.8, 4) is 34.1 Å². The van der Waals surface area contributed by atoms with Gasteiger partial charge in [0, 0.05) is 23.8 Å². The first-order valence-corrected chi connectivity index (χ1v) is 16.5. The third-order valence-electron chi connectivity index (χ3n) is 7.31. The summed E-state index contributed by atoms with van der Waals surface area (Å²) in [5, 5.41) is 11.6. The molecular formula is C36H35NO7S. The molecule has 1 N–H and O–H groups in total. The maximum Gasteiger partial charge on any atom is 0.320 e. The van der Waals surface area contributed by atoms with E-state index in [0.29, 0.717) is 36.9 Å². The SMILES string of the molecule is CCN(CCOc1ccc(Oc2c(-c3ccc(S(C)(=O)=O)cc3)ccc3cc(O)ccc23)cc1)CC(=O)OCc1ccccc1. The maximum atomic E-state index is 12.3. The Labute approximate surface area is 263 Å². The van der Waals surface area contributed by atoms with Gasteiger partial charge in [0.2, 0.25) is 0 Å². The van der Waals surface area contributed by atoms with Crippen LogP contribution >= 0.6 is 0 Å². The number of hydrogen-bond donors (Lipinski definition) is 1. The number of rotatable bonds is 13. The molecule has 0 aliphatic carbocycles. The number of esters is 1. The number of nitrogens with zero attached hydrogens (tertiary/aromatic N) is 1. The standard InChI is InChI=1S/C36H35NO7S/c1-3-37(24-35(39)43-25-26-7-5-4-6-8-26)21-22-42-30-13-15-31(16-14-30)44-36-33(19-11-28-23-29(38)12-20-34(28)36)27-9-17-32(18-10-27)45(2,40)41/h4-20,23,38H,3,21-22,24-25H2,1-2H3. The number of hydrogen-bond acceptors (Lipinski definition) is 8. The summed E-state index contributed by atoms with van der Waals surface area (Å²) in [6.07, 6.45) is 1.18. The van der Waals surface area contributed by atoms with Crippen LogP contribution in [0.15, 0.2) is 114 Å². The fraction of sp³-hybridized carbons (Fsp3) is 0.194. The van der Waals surface area contributed by atoms with Gasteiger partial charge in [-0.1, -0.05) is 55.5 Å². The summed E-state index contributed by atoms with van der Waals surface area (Å²) in [5.41, 5.74) is 2.51. The van der Waals surface area contributed by atoms with Crippen LogP contribution in [0.4, 0.5) is 0 Å². The number of phenolic OH excluding ortho intramolecular Hbond substituents is 1. The van der Waals surface area contributed by atoms with Crippen molar-refractivity contribution in [2.75, 3.05) is 32.5 Å². The van der Waals surface area contributed by atoms with Crippen LogP contribution in [-0.4, -0.2) is 56.9 Å². The second kappa shape index (κ2) is 14.3. The predicted octanol–water partition coefficient (Wildman–Crippen LogP) is 6.85. The van der Waals surface area contributed by atoms with Gasteiger partial charge in [-0.2, -0.15) is 0 Å². The van der Waals surface area contributed by atoms with Crippen molar-refractivity contribution in [2.45, 2.75) is 18.4 Å². The van der Waals surface area contributed by atoms with Crippen LogP contribution in [0, 0.1) is 0 Å². The van der Waals surface area contributed by atoms with E-state index in [-0.39, 0.29) is 29.8 Å². The largest absolute Gasteiger partial charge is 0.508 e.